The van der Waals surface area contributed by atoms with Crippen molar-refractivity contribution in [3.05, 3.63) is 60.4 Å². The lowest BCUT2D eigenvalue weighted by atomic mass is 10.3. The summed E-state index contributed by atoms with van der Waals surface area (Å²) in [4.78, 5) is 13.8. The fourth-order valence-electron chi connectivity index (χ4n) is 2.99. The van der Waals surface area contributed by atoms with E-state index in [0.717, 1.165) is 43.6 Å². The molecular formula is C20H16N6OS. The summed E-state index contributed by atoms with van der Waals surface area (Å²) in [7, 11) is 1.66. The molecule has 0 bridgehead atoms. The standard InChI is InChI=1S/C20H16N6OS/c1-12-9-19(24-18-11-21-14-5-3-4-6-15(14)22-18)26(25-12)20-23-16-8-7-13(27-2)10-17(16)28-20/h3-11H,1-2H3,(H,22,24). The zero-order chi connectivity index (χ0) is 19.1. The summed E-state index contributed by atoms with van der Waals surface area (Å²) in [6, 6.07) is 15.6. The van der Waals surface area contributed by atoms with Gasteiger partial charge in [-0.1, -0.05) is 23.5 Å². The highest BCUT2D eigenvalue weighted by atomic mass is 32.1. The lowest BCUT2D eigenvalue weighted by Gasteiger charge is -2.07. The zero-order valence-corrected chi connectivity index (χ0v) is 16.1. The van der Waals surface area contributed by atoms with Gasteiger partial charge in [0.15, 0.2) is 5.82 Å². The quantitative estimate of drug-likeness (QED) is 0.489. The first kappa shape index (κ1) is 16.6. The number of para-hydroxylation sites is 2. The minimum Gasteiger partial charge on any atom is -0.497 e. The highest BCUT2D eigenvalue weighted by molar-refractivity contribution is 7.20. The summed E-state index contributed by atoms with van der Waals surface area (Å²) in [5.41, 5.74) is 3.48. The predicted octanol–water partition coefficient (Wildman–Crippen LogP) is 4.49. The van der Waals surface area contributed by atoms with E-state index in [9.17, 15) is 0 Å². The van der Waals surface area contributed by atoms with E-state index in [2.05, 4.69) is 20.4 Å². The van der Waals surface area contributed by atoms with Gasteiger partial charge in [0.25, 0.3) is 0 Å². The van der Waals surface area contributed by atoms with Crippen LogP contribution in [0.4, 0.5) is 11.6 Å². The smallest absolute Gasteiger partial charge is 0.213 e. The van der Waals surface area contributed by atoms with Gasteiger partial charge in [0, 0.05) is 6.07 Å². The molecule has 5 rings (SSSR count). The molecule has 3 heterocycles. The first-order valence-electron chi connectivity index (χ1n) is 8.70. The third-order valence-electron chi connectivity index (χ3n) is 4.30. The first-order valence-corrected chi connectivity index (χ1v) is 9.52. The van der Waals surface area contributed by atoms with E-state index in [1.807, 2.05) is 55.5 Å². The van der Waals surface area contributed by atoms with Gasteiger partial charge >= 0.3 is 0 Å². The Morgan fingerprint density at radius 2 is 1.86 bits per heavy atom. The van der Waals surface area contributed by atoms with Gasteiger partial charge < -0.3 is 10.1 Å². The third kappa shape index (κ3) is 2.93. The normalized spacial score (nSPS) is 11.2. The Bertz CT molecular complexity index is 1310. The van der Waals surface area contributed by atoms with E-state index >= 15 is 0 Å². The summed E-state index contributed by atoms with van der Waals surface area (Å²) in [6.07, 6.45) is 1.72. The van der Waals surface area contributed by atoms with Crippen LogP contribution < -0.4 is 10.1 Å². The van der Waals surface area contributed by atoms with Crippen LogP contribution in [-0.4, -0.2) is 31.8 Å². The number of benzene rings is 2. The molecule has 28 heavy (non-hydrogen) atoms. The van der Waals surface area contributed by atoms with E-state index in [4.69, 9.17) is 9.72 Å². The molecule has 0 radical (unpaired) electrons. The van der Waals surface area contributed by atoms with Gasteiger partial charge in [-0.25, -0.2) is 9.97 Å². The number of thiazole rings is 1. The molecule has 0 saturated heterocycles. The predicted molar refractivity (Wildman–Crippen MR) is 111 cm³/mol. The number of fused-ring (bicyclic) bond motifs is 2. The average Bonchev–Trinajstić information content (AvgIpc) is 3.30. The SMILES string of the molecule is COc1ccc2nc(-n3nc(C)cc3Nc3cnc4ccccc4n3)sc2c1. The van der Waals surface area contributed by atoms with Gasteiger partial charge in [0.05, 0.1) is 40.3 Å². The van der Waals surface area contributed by atoms with Gasteiger partial charge in [-0.05, 0) is 37.3 Å². The Kier molecular flexibility index (Phi) is 3.91. The van der Waals surface area contributed by atoms with Crippen LogP contribution in [0.25, 0.3) is 26.4 Å². The van der Waals surface area contributed by atoms with Crippen molar-refractivity contribution in [3.8, 4) is 10.9 Å². The molecule has 0 spiro atoms. The summed E-state index contributed by atoms with van der Waals surface area (Å²) < 4.78 is 8.14. The zero-order valence-electron chi connectivity index (χ0n) is 15.2. The topological polar surface area (TPSA) is 77.8 Å². The van der Waals surface area contributed by atoms with Gasteiger partial charge in [0.1, 0.15) is 11.6 Å². The van der Waals surface area contributed by atoms with E-state index < -0.39 is 0 Å². The third-order valence-corrected chi connectivity index (χ3v) is 5.30. The summed E-state index contributed by atoms with van der Waals surface area (Å²) in [5, 5.41) is 8.69. The minimum atomic E-state index is 0.655. The molecule has 0 aliphatic carbocycles. The van der Waals surface area contributed by atoms with Gasteiger partial charge in [-0.3, -0.25) is 4.98 Å². The lowest BCUT2D eigenvalue weighted by molar-refractivity contribution is 0.415. The molecule has 8 heteroatoms. The molecule has 0 unspecified atom stereocenters. The summed E-state index contributed by atoms with van der Waals surface area (Å²) in [6.45, 7) is 1.95. The highest BCUT2D eigenvalue weighted by Crippen LogP contribution is 2.30. The Labute approximate surface area is 164 Å². The maximum atomic E-state index is 5.31. The number of rotatable bonds is 4. The second-order valence-corrected chi connectivity index (χ2v) is 7.29. The van der Waals surface area contributed by atoms with Crippen molar-refractivity contribution in [1.29, 1.82) is 0 Å². The second-order valence-electron chi connectivity index (χ2n) is 6.28. The van der Waals surface area contributed by atoms with Gasteiger partial charge in [-0.15, -0.1) is 0 Å². The Balaban J connectivity index is 1.54. The molecule has 0 aliphatic heterocycles. The van der Waals surface area contributed by atoms with Crippen molar-refractivity contribution >= 4 is 44.2 Å². The van der Waals surface area contributed by atoms with E-state index in [1.165, 1.54) is 0 Å². The number of aromatic nitrogens is 5. The van der Waals surface area contributed by atoms with Crippen LogP contribution in [0.2, 0.25) is 0 Å². The fourth-order valence-corrected chi connectivity index (χ4v) is 3.95. The van der Waals surface area contributed by atoms with E-state index in [0.29, 0.717) is 5.82 Å². The number of methoxy groups -OCH3 is 1. The minimum absolute atomic E-state index is 0.655. The summed E-state index contributed by atoms with van der Waals surface area (Å²) >= 11 is 1.55. The number of hydrogen-bond donors (Lipinski definition) is 1. The molecule has 0 fully saturated rings. The van der Waals surface area contributed by atoms with Gasteiger partial charge in [0.2, 0.25) is 5.13 Å². The largest absolute Gasteiger partial charge is 0.497 e. The van der Waals surface area contributed by atoms with Crippen molar-refractivity contribution in [3.63, 3.8) is 0 Å². The monoisotopic (exact) mass is 388 g/mol. The van der Waals surface area contributed by atoms with E-state index in [-0.39, 0.29) is 0 Å². The van der Waals surface area contributed by atoms with Crippen LogP contribution in [0.1, 0.15) is 5.69 Å². The molecule has 5 aromatic rings. The number of ether oxygens (including phenoxy) is 1. The lowest BCUT2D eigenvalue weighted by Crippen LogP contribution is -2.03. The van der Waals surface area contributed by atoms with Crippen LogP contribution in [0.3, 0.4) is 0 Å². The fraction of sp³-hybridized carbons (Fsp3) is 0.100. The van der Waals surface area contributed by atoms with Gasteiger partial charge in [-0.2, -0.15) is 9.78 Å². The van der Waals surface area contributed by atoms with Crippen LogP contribution in [-0.2, 0) is 0 Å². The maximum absolute atomic E-state index is 5.31. The first-order chi connectivity index (χ1) is 13.7. The highest BCUT2D eigenvalue weighted by Gasteiger charge is 2.14. The number of anilines is 2. The van der Waals surface area contributed by atoms with Crippen molar-refractivity contribution in [1.82, 2.24) is 24.7 Å². The summed E-state index contributed by atoms with van der Waals surface area (Å²) in [5.74, 6) is 2.25. The second kappa shape index (κ2) is 6.58. The molecule has 3 aromatic heterocycles. The van der Waals surface area contributed by atoms with E-state index in [1.54, 1.807) is 29.3 Å². The molecule has 0 saturated carbocycles. The maximum Gasteiger partial charge on any atom is 0.213 e. The van der Waals surface area contributed by atoms with Crippen molar-refractivity contribution in [2.75, 3.05) is 12.4 Å². The number of aryl methyl sites for hydroxylation is 1. The molecule has 0 aliphatic rings. The van der Waals surface area contributed by atoms with Crippen LogP contribution in [0, 0.1) is 6.92 Å². The Morgan fingerprint density at radius 1 is 1.00 bits per heavy atom. The molecule has 2 aromatic carbocycles. The molecule has 7 nitrogen and oxygen atoms in total. The van der Waals surface area contributed by atoms with Crippen molar-refractivity contribution in [2.24, 2.45) is 0 Å². The number of nitrogens with one attached hydrogen (secondary N) is 1. The molecule has 138 valence electrons. The average molecular weight is 388 g/mol. The number of nitrogens with zero attached hydrogens (tertiary/aromatic N) is 5. The molecule has 1 N–H and O–H groups in total. The van der Waals surface area contributed by atoms with Crippen LogP contribution in [0.5, 0.6) is 5.75 Å². The van der Waals surface area contributed by atoms with Crippen molar-refractivity contribution in [2.45, 2.75) is 6.92 Å². The van der Waals surface area contributed by atoms with Crippen LogP contribution in [0.15, 0.2) is 54.7 Å². The molecule has 0 atom stereocenters. The molecule has 0 amide bonds. The Hall–Kier alpha value is -3.52. The van der Waals surface area contributed by atoms with Crippen LogP contribution >= 0.6 is 11.3 Å². The number of hydrogen-bond acceptors (Lipinski definition) is 7. The Morgan fingerprint density at radius 3 is 2.71 bits per heavy atom. The molecular weight excluding hydrogens is 372 g/mol. The van der Waals surface area contributed by atoms with Crippen molar-refractivity contribution < 1.29 is 4.74 Å².